The summed E-state index contributed by atoms with van der Waals surface area (Å²) in [6.45, 7) is 1.90. The number of aromatic nitrogens is 4. The van der Waals surface area contributed by atoms with Crippen LogP contribution < -0.4 is 5.32 Å². The molecule has 0 aliphatic heterocycles. The smallest absolute Gasteiger partial charge is 0.268 e. The van der Waals surface area contributed by atoms with E-state index in [4.69, 9.17) is 4.52 Å². The Morgan fingerprint density at radius 3 is 2.88 bits per heavy atom. The predicted octanol–water partition coefficient (Wildman–Crippen LogP) is 2.22. The van der Waals surface area contributed by atoms with E-state index < -0.39 is 0 Å². The van der Waals surface area contributed by atoms with Gasteiger partial charge in [-0.2, -0.15) is 4.98 Å². The lowest BCUT2D eigenvalue weighted by Crippen LogP contribution is -2.24. The Kier molecular flexibility index (Phi) is 4.08. The van der Waals surface area contributed by atoms with Crippen LogP contribution in [0.25, 0.3) is 11.4 Å². The highest BCUT2D eigenvalue weighted by Gasteiger charge is 2.26. The molecule has 0 unspecified atom stereocenters. The fourth-order valence-electron chi connectivity index (χ4n) is 3.19. The summed E-state index contributed by atoms with van der Waals surface area (Å²) < 4.78 is 5.17. The zero-order chi connectivity index (χ0) is 18.1. The van der Waals surface area contributed by atoms with E-state index in [1.54, 1.807) is 31.5 Å². The van der Waals surface area contributed by atoms with Gasteiger partial charge >= 0.3 is 0 Å². The summed E-state index contributed by atoms with van der Waals surface area (Å²) in [6.07, 6.45) is 5.42. The van der Waals surface area contributed by atoms with Gasteiger partial charge in [-0.15, -0.1) is 0 Å². The number of aromatic amines is 1. The normalized spacial score (nSPS) is 13.5. The summed E-state index contributed by atoms with van der Waals surface area (Å²) in [5, 5.41) is 6.65. The van der Waals surface area contributed by atoms with Gasteiger partial charge in [0.1, 0.15) is 5.69 Å². The minimum absolute atomic E-state index is 0.0953. The number of fused-ring (bicyclic) bond motifs is 1. The van der Waals surface area contributed by atoms with Crippen LogP contribution in [-0.4, -0.2) is 31.8 Å². The van der Waals surface area contributed by atoms with Crippen LogP contribution in [-0.2, 0) is 13.0 Å². The van der Waals surface area contributed by atoms with Crippen LogP contribution in [0.4, 0.5) is 0 Å². The molecule has 1 amide bonds. The minimum Gasteiger partial charge on any atom is -0.354 e. The monoisotopic (exact) mass is 351 g/mol. The van der Waals surface area contributed by atoms with Gasteiger partial charge in [-0.25, -0.2) is 0 Å². The van der Waals surface area contributed by atoms with Crippen LogP contribution in [0.1, 0.15) is 50.8 Å². The molecule has 0 saturated carbocycles. The Hall–Kier alpha value is -3.29. The first kappa shape index (κ1) is 16.2. The molecule has 1 aliphatic carbocycles. The van der Waals surface area contributed by atoms with Crippen molar-refractivity contribution in [1.82, 2.24) is 25.4 Å². The van der Waals surface area contributed by atoms with E-state index >= 15 is 0 Å². The summed E-state index contributed by atoms with van der Waals surface area (Å²) >= 11 is 0. The number of ketones is 1. The molecule has 3 aromatic heterocycles. The zero-order valence-corrected chi connectivity index (χ0v) is 14.2. The van der Waals surface area contributed by atoms with E-state index in [-0.39, 0.29) is 18.2 Å². The lowest BCUT2D eigenvalue weighted by Gasteiger charge is -2.09. The molecule has 132 valence electrons. The van der Waals surface area contributed by atoms with Crippen LogP contribution >= 0.6 is 0 Å². The number of hydrogen-bond donors (Lipinski definition) is 2. The molecule has 0 aromatic carbocycles. The van der Waals surface area contributed by atoms with Gasteiger partial charge < -0.3 is 14.8 Å². The van der Waals surface area contributed by atoms with Crippen molar-refractivity contribution in [1.29, 1.82) is 0 Å². The second kappa shape index (κ2) is 6.55. The first-order chi connectivity index (χ1) is 12.6. The second-order valence-corrected chi connectivity index (χ2v) is 6.19. The number of nitrogens with zero attached hydrogens (tertiary/aromatic N) is 3. The Balaban J connectivity index is 1.47. The van der Waals surface area contributed by atoms with Crippen molar-refractivity contribution >= 4 is 11.7 Å². The maximum atomic E-state index is 12.5. The van der Waals surface area contributed by atoms with Crippen LogP contribution in [0.15, 0.2) is 29.0 Å². The molecule has 2 N–H and O–H groups in total. The van der Waals surface area contributed by atoms with Gasteiger partial charge in [-0.05, 0) is 37.5 Å². The molecule has 0 spiro atoms. The van der Waals surface area contributed by atoms with Crippen LogP contribution in [0.5, 0.6) is 0 Å². The molecule has 3 heterocycles. The molecule has 8 nitrogen and oxygen atoms in total. The van der Waals surface area contributed by atoms with E-state index in [2.05, 4.69) is 25.4 Å². The molecular formula is C18H17N5O3. The SMILES string of the molecule is Cc1c(C(=O)NCc2nc(-c3ccncc3)no2)[nH]c2c1C(=O)CCC2. The highest BCUT2D eigenvalue weighted by molar-refractivity contribution is 6.04. The highest BCUT2D eigenvalue weighted by Crippen LogP contribution is 2.26. The highest BCUT2D eigenvalue weighted by atomic mass is 16.5. The maximum absolute atomic E-state index is 12.5. The van der Waals surface area contributed by atoms with E-state index in [1.165, 1.54) is 0 Å². The van der Waals surface area contributed by atoms with Crippen molar-refractivity contribution in [2.24, 2.45) is 0 Å². The van der Waals surface area contributed by atoms with Gasteiger partial charge in [0.2, 0.25) is 11.7 Å². The van der Waals surface area contributed by atoms with Gasteiger partial charge in [-0.1, -0.05) is 5.16 Å². The third-order valence-electron chi connectivity index (χ3n) is 4.47. The van der Waals surface area contributed by atoms with E-state index in [0.717, 1.165) is 24.1 Å². The number of hydrogen-bond acceptors (Lipinski definition) is 6. The minimum atomic E-state index is -0.298. The Morgan fingerprint density at radius 2 is 2.12 bits per heavy atom. The van der Waals surface area contributed by atoms with Crippen molar-refractivity contribution in [2.75, 3.05) is 0 Å². The molecule has 8 heteroatoms. The van der Waals surface area contributed by atoms with Crippen LogP contribution in [0, 0.1) is 6.92 Å². The number of aryl methyl sites for hydroxylation is 1. The van der Waals surface area contributed by atoms with Gasteiger partial charge in [-0.3, -0.25) is 14.6 Å². The average molecular weight is 351 g/mol. The molecule has 3 aromatic rings. The molecule has 0 atom stereocenters. The van der Waals surface area contributed by atoms with E-state index in [1.807, 2.05) is 0 Å². The molecule has 0 bridgehead atoms. The summed E-state index contributed by atoms with van der Waals surface area (Å²) in [5.74, 6) is 0.537. The van der Waals surface area contributed by atoms with Crippen molar-refractivity contribution in [3.63, 3.8) is 0 Å². The maximum Gasteiger partial charge on any atom is 0.268 e. The number of carbonyl (C=O) groups excluding carboxylic acids is 2. The van der Waals surface area contributed by atoms with Gasteiger partial charge in [0.15, 0.2) is 5.78 Å². The lowest BCUT2D eigenvalue weighted by atomic mass is 9.94. The molecule has 26 heavy (non-hydrogen) atoms. The Bertz CT molecular complexity index is 974. The standard InChI is InChI=1S/C18H17N5O3/c1-10-15-12(3-2-4-13(15)24)21-16(10)18(25)20-9-14-22-17(23-26-14)11-5-7-19-8-6-11/h5-8,21H,2-4,9H2,1H3,(H,20,25). The predicted molar refractivity (Wildman–Crippen MR) is 91.5 cm³/mol. The number of Topliss-reactive ketones (excluding diaryl/α,β-unsaturated/α-hetero) is 1. The summed E-state index contributed by atoms with van der Waals surface area (Å²) in [5.41, 5.74) is 3.41. The summed E-state index contributed by atoms with van der Waals surface area (Å²) in [7, 11) is 0. The van der Waals surface area contributed by atoms with Gasteiger partial charge in [0.25, 0.3) is 5.91 Å². The van der Waals surface area contributed by atoms with Crippen molar-refractivity contribution in [3.05, 3.63) is 52.9 Å². The molecule has 4 rings (SSSR count). The van der Waals surface area contributed by atoms with Crippen LogP contribution in [0.3, 0.4) is 0 Å². The third-order valence-corrected chi connectivity index (χ3v) is 4.47. The average Bonchev–Trinajstić information content (AvgIpc) is 3.26. The van der Waals surface area contributed by atoms with E-state index in [0.29, 0.717) is 35.0 Å². The van der Waals surface area contributed by atoms with Crippen LogP contribution in [0.2, 0.25) is 0 Å². The fourth-order valence-corrected chi connectivity index (χ4v) is 3.19. The number of nitrogens with one attached hydrogen (secondary N) is 2. The second-order valence-electron chi connectivity index (χ2n) is 6.19. The third kappa shape index (κ3) is 2.90. The van der Waals surface area contributed by atoms with Crippen molar-refractivity contribution < 1.29 is 14.1 Å². The zero-order valence-electron chi connectivity index (χ0n) is 14.2. The topological polar surface area (TPSA) is 114 Å². The molecule has 0 saturated heterocycles. The molecule has 0 fully saturated rings. The number of rotatable bonds is 4. The lowest BCUT2D eigenvalue weighted by molar-refractivity contribution is 0.0940. The molecular weight excluding hydrogens is 334 g/mol. The molecule has 0 radical (unpaired) electrons. The largest absolute Gasteiger partial charge is 0.354 e. The first-order valence-electron chi connectivity index (χ1n) is 8.39. The first-order valence-corrected chi connectivity index (χ1v) is 8.39. The number of carbonyl (C=O) groups is 2. The molecule has 1 aliphatic rings. The van der Waals surface area contributed by atoms with Gasteiger partial charge in [0.05, 0.1) is 6.54 Å². The van der Waals surface area contributed by atoms with Crippen molar-refractivity contribution in [3.8, 4) is 11.4 Å². The summed E-state index contributed by atoms with van der Waals surface area (Å²) in [6, 6.07) is 3.55. The Morgan fingerprint density at radius 1 is 1.31 bits per heavy atom. The Labute approximate surface area is 149 Å². The van der Waals surface area contributed by atoms with E-state index in [9.17, 15) is 9.59 Å². The summed E-state index contributed by atoms with van der Waals surface area (Å²) in [4.78, 5) is 35.9. The quantitative estimate of drug-likeness (QED) is 0.745. The fraction of sp³-hybridized carbons (Fsp3) is 0.278. The van der Waals surface area contributed by atoms with Gasteiger partial charge in [0, 0.05) is 35.6 Å². The van der Waals surface area contributed by atoms with Crippen molar-refractivity contribution in [2.45, 2.75) is 32.7 Å². The number of amides is 1. The number of H-pyrrole nitrogens is 1. The number of pyridine rings is 1.